The van der Waals surface area contributed by atoms with Gasteiger partial charge in [0.25, 0.3) is 0 Å². The van der Waals surface area contributed by atoms with E-state index in [4.69, 9.17) is 21.6 Å². The Kier molecular flexibility index (Phi) is 5.73. The van der Waals surface area contributed by atoms with Gasteiger partial charge >= 0.3 is 0 Å². The van der Waals surface area contributed by atoms with Gasteiger partial charge in [-0.25, -0.2) is 9.97 Å². The molecule has 0 saturated carbocycles. The van der Waals surface area contributed by atoms with Crippen molar-refractivity contribution in [3.05, 3.63) is 100.0 Å². The largest absolute Gasteiger partial charge is 0.294 e. The third kappa shape index (κ3) is 4.29. The van der Waals surface area contributed by atoms with E-state index in [1.54, 1.807) is 0 Å². The summed E-state index contributed by atoms with van der Waals surface area (Å²) in [7, 11) is 0. The van der Waals surface area contributed by atoms with E-state index in [0.717, 1.165) is 53.9 Å². The van der Waals surface area contributed by atoms with Crippen LogP contribution in [0.3, 0.4) is 0 Å². The summed E-state index contributed by atoms with van der Waals surface area (Å²) in [5, 5.41) is 0.721. The summed E-state index contributed by atoms with van der Waals surface area (Å²) in [6.07, 6.45) is 4.90. The molecule has 4 aromatic rings. The average Bonchev–Trinajstić information content (AvgIpc) is 2.82. The van der Waals surface area contributed by atoms with Gasteiger partial charge in [0, 0.05) is 60.2 Å². The second-order valence-electron chi connectivity index (χ2n) is 8.43. The molecular weight excluding hydrogens is 416 g/mol. The van der Waals surface area contributed by atoms with Crippen molar-refractivity contribution < 1.29 is 0 Å². The van der Waals surface area contributed by atoms with Crippen LogP contribution in [-0.4, -0.2) is 26.4 Å². The van der Waals surface area contributed by atoms with Crippen molar-refractivity contribution in [3.8, 4) is 22.6 Å². The van der Waals surface area contributed by atoms with Gasteiger partial charge in [-0.1, -0.05) is 35.9 Å². The number of pyridine rings is 1. The number of aromatic nitrogens is 3. The van der Waals surface area contributed by atoms with Crippen molar-refractivity contribution in [2.75, 3.05) is 6.54 Å². The Morgan fingerprint density at radius 2 is 1.78 bits per heavy atom. The first kappa shape index (κ1) is 20.8. The summed E-state index contributed by atoms with van der Waals surface area (Å²) in [5.41, 5.74) is 9.38. The van der Waals surface area contributed by atoms with Gasteiger partial charge in [0.15, 0.2) is 5.82 Å². The molecule has 0 bridgehead atoms. The maximum absolute atomic E-state index is 6.00. The van der Waals surface area contributed by atoms with Crippen LogP contribution in [0.2, 0.25) is 5.02 Å². The molecule has 32 heavy (non-hydrogen) atoms. The molecule has 0 spiro atoms. The smallest absolute Gasteiger partial charge is 0.159 e. The first-order valence-corrected chi connectivity index (χ1v) is 11.3. The summed E-state index contributed by atoms with van der Waals surface area (Å²) in [6, 6.07) is 18.4. The highest BCUT2D eigenvalue weighted by atomic mass is 35.5. The molecule has 0 amide bonds. The summed E-state index contributed by atoms with van der Waals surface area (Å²) in [4.78, 5) is 16.6. The third-order valence-corrected chi connectivity index (χ3v) is 6.48. The van der Waals surface area contributed by atoms with Crippen LogP contribution in [0.1, 0.15) is 27.9 Å². The third-order valence-electron chi connectivity index (χ3n) is 6.23. The van der Waals surface area contributed by atoms with E-state index in [-0.39, 0.29) is 0 Å². The van der Waals surface area contributed by atoms with Crippen LogP contribution >= 0.6 is 11.6 Å². The van der Waals surface area contributed by atoms with Crippen molar-refractivity contribution in [2.45, 2.75) is 33.4 Å². The molecule has 1 aliphatic rings. The monoisotopic (exact) mass is 440 g/mol. The molecule has 0 atom stereocenters. The first-order chi connectivity index (χ1) is 15.6. The molecule has 2 aromatic heterocycles. The molecule has 2 aromatic carbocycles. The van der Waals surface area contributed by atoms with E-state index < -0.39 is 0 Å². The number of rotatable bonds is 4. The van der Waals surface area contributed by atoms with Gasteiger partial charge in [-0.05, 0) is 60.9 Å². The molecule has 0 radical (unpaired) electrons. The lowest BCUT2D eigenvalue weighted by Crippen LogP contribution is -2.31. The Balaban J connectivity index is 1.28. The molecular formula is C27H25ClN4. The average molecular weight is 441 g/mol. The molecule has 5 rings (SSSR count). The molecule has 0 fully saturated rings. The summed E-state index contributed by atoms with van der Waals surface area (Å²) in [6.45, 7) is 7.01. The van der Waals surface area contributed by atoms with Crippen molar-refractivity contribution in [1.82, 2.24) is 19.9 Å². The molecule has 1 aliphatic heterocycles. The van der Waals surface area contributed by atoms with Gasteiger partial charge in [0.2, 0.25) is 0 Å². The second-order valence-corrected chi connectivity index (χ2v) is 8.87. The summed E-state index contributed by atoms with van der Waals surface area (Å²) in [5.74, 6) is 0.764. The van der Waals surface area contributed by atoms with Crippen molar-refractivity contribution >= 4 is 11.6 Å². The first-order valence-electron chi connectivity index (χ1n) is 10.9. The van der Waals surface area contributed by atoms with Gasteiger partial charge in [-0.2, -0.15) is 0 Å². The Morgan fingerprint density at radius 1 is 0.938 bits per heavy atom. The van der Waals surface area contributed by atoms with E-state index in [1.807, 2.05) is 36.7 Å². The fourth-order valence-corrected chi connectivity index (χ4v) is 4.34. The second kappa shape index (κ2) is 8.81. The lowest BCUT2D eigenvalue weighted by molar-refractivity contribution is 0.242. The van der Waals surface area contributed by atoms with Crippen LogP contribution in [0, 0.1) is 13.8 Å². The number of hydrogen-bond donors (Lipinski definition) is 0. The van der Waals surface area contributed by atoms with E-state index in [1.165, 1.54) is 27.8 Å². The fourth-order valence-electron chi connectivity index (χ4n) is 4.21. The molecule has 0 N–H and O–H groups in total. The highest BCUT2D eigenvalue weighted by Gasteiger charge is 2.19. The lowest BCUT2D eigenvalue weighted by atomic mass is 10.0. The fraction of sp³-hybridized carbons (Fsp3) is 0.222. The number of benzene rings is 2. The Morgan fingerprint density at radius 3 is 2.56 bits per heavy atom. The van der Waals surface area contributed by atoms with Crippen LogP contribution in [0.15, 0.2) is 67.0 Å². The van der Waals surface area contributed by atoms with Crippen LogP contribution < -0.4 is 0 Å². The SMILES string of the molecule is Cc1cccc(-c2ccc(CN3CCc4nc(-c5ccc(Cl)cc5)ncc4C3)cn2)c1C. The molecule has 3 heterocycles. The van der Waals surface area contributed by atoms with Gasteiger partial charge in [0.1, 0.15) is 0 Å². The topological polar surface area (TPSA) is 41.9 Å². The number of nitrogens with zero attached hydrogens (tertiary/aromatic N) is 4. The van der Waals surface area contributed by atoms with E-state index in [0.29, 0.717) is 0 Å². The van der Waals surface area contributed by atoms with Crippen LogP contribution in [0.4, 0.5) is 0 Å². The number of aryl methyl sites for hydroxylation is 1. The van der Waals surface area contributed by atoms with E-state index in [9.17, 15) is 0 Å². The minimum atomic E-state index is 0.721. The Labute approximate surface area is 194 Å². The maximum Gasteiger partial charge on any atom is 0.159 e. The molecule has 5 heteroatoms. The summed E-state index contributed by atoms with van der Waals surface area (Å²) >= 11 is 6.00. The predicted octanol–water partition coefficient (Wildman–Crippen LogP) is 6.03. The quantitative estimate of drug-likeness (QED) is 0.388. The zero-order chi connectivity index (χ0) is 22.1. The van der Waals surface area contributed by atoms with Gasteiger partial charge in [-0.15, -0.1) is 0 Å². The normalized spacial score (nSPS) is 13.7. The minimum absolute atomic E-state index is 0.721. The van der Waals surface area contributed by atoms with Crippen LogP contribution in [0.5, 0.6) is 0 Å². The number of hydrogen-bond acceptors (Lipinski definition) is 4. The number of halogens is 1. The zero-order valence-electron chi connectivity index (χ0n) is 18.3. The maximum atomic E-state index is 6.00. The van der Waals surface area contributed by atoms with Crippen LogP contribution in [-0.2, 0) is 19.5 Å². The van der Waals surface area contributed by atoms with Crippen molar-refractivity contribution in [3.63, 3.8) is 0 Å². The van der Waals surface area contributed by atoms with Gasteiger partial charge in [0.05, 0.1) is 11.4 Å². The van der Waals surface area contributed by atoms with Crippen molar-refractivity contribution in [1.29, 1.82) is 0 Å². The standard InChI is InChI=1S/C27H25ClN4/c1-18-4-3-5-24(19(18)2)26-11-6-20(14-29-26)16-32-13-12-25-22(17-32)15-30-27(31-25)21-7-9-23(28)10-8-21/h3-11,14-15H,12-13,16-17H2,1-2H3. The van der Waals surface area contributed by atoms with Crippen molar-refractivity contribution in [2.24, 2.45) is 0 Å². The zero-order valence-corrected chi connectivity index (χ0v) is 19.1. The highest BCUT2D eigenvalue weighted by Crippen LogP contribution is 2.25. The van der Waals surface area contributed by atoms with Crippen LogP contribution in [0.25, 0.3) is 22.6 Å². The number of fused-ring (bicyclic) bond motifs is 1. The van der Waals surface area contributed by atoms with E-state index in [2.05, 4.69) is 54.1 Å². The predicted molar refractivity (Wildman–Crippen MR) is 129 cm³/mol. The Hall–Kier alpha value is -3.08. The lowest BCUT2D eigenvalue weighted by Gasteiger charge is -2.28. The molecule has 4 nitrogen and oxygen atoms in total. The van der Waals surface area contributed by atoms with E-state index >= 15 is 0 Å². The Bertz CT molecular complexity index is 1250. The highest BCUT2D eigenvalue weighted by molar-refractivity contribution is 6.30. The molecule has 0 saturated heterocycles. The summed E-state index contributed by atoms with van der Waals surface area (Å²) < 4.78 is 0. The van der Waals surface area contributed by atoms with Gasteiger partial charge < -0.3 is 0 Å². The van der Waals surface area contributed by atoms with Gasteiger partial charge in [-0.3, -0.25) is 9.88 Å². The molecule has 0 aliphatic carbocycles. The molecule has 160 valence electrons. The molecule has 0 unspecified atom stereocenters. The minimum Gasteiger partial charge on any atom is -0.294 e.